The fourth-order valence-corrected chi connectivity index (χ4v) is 3.17. The van der Waals surface area contributed by atoms with Crippen LogP contribution >= 0.6 is 0 Å². The number of ether oxygens (including phenoxy) is 2. The zero-order valence-corrected chi connectivity index (χ0v) is 12.6. The number of nitrogens with one attached hydrogen (secondary N) is 1. The molecule has 2 fully saturated rings. The summed E-state index contributed by atoms with van der Waals surface area (Å²) in [5.74, 6) is 1.02. The summed E-state index contributed by atoms with van der Waals surface area (Å²) in [7, 11) is 1.77. The Labute approximate surface area is 121 Å². The van der Waals surface area contributed by atoms with Crippen LogP contribution in [-0.2, 0) is 10.2 Å². The number of aryl methyl sites for hydroxylation is 1. The van der Waals surface area contributed by atoms with Gasteiger partial charge in [0.15, 0.2) is 0 Å². The predicted octanol–water partition coefficient (Wildman–Crippen LogP) is 2.80. The van der Waals surface area contributed by atoms with Crippen molar-refractivity contribution in [2.24, 2.45) is 0 Å². The van der Waals surface area contributed by atoms with E-state index in [2.05, 4.69) is 30.4 Å². The Morgan fingerprint density at radius 1 is 1.30 bits per heavy atom. The second-order valence-electron chi connectivity index (χ2n) is 6.25. The lowest BCUT2D eigenvalue weighted by Gasteiger charge is -2.39. The normalized spacial score (nSPS) is 21.7. The van der Waals surface area contributed by atoms with Gasteiger partial charge in [-0.15, -0.1) is 0 Å². The van der Waals surface area contributed by atoms with E-state index in [4.69, 9.17) is 9.47 Å². The molecule has 1 saturated carbocycles. The van der Waals surface area contributed by atoms with E-state index < -0.39 is 0 Å². The molecule has 1 aromatic carbocycles. The van der Waals surface area contributed by atoms with E-state index in [1.807, 2.05) is 0 Å². The number of rotatable bonds is 5. The number of methoxy groups -OCH3 is 1. The van der Waals surface area contributed by atoms with E-state index in [9.17, 15) is 0 Å². The molecule has 0 unspecified atom stereocenters. The summed E-state index contributed by atoms with van der Waals surface area (Å²) in [6.07, 6.45) is 4.81. The van der Waals surface area contributed by atoms with Crippen LogP contribution in [0.1, 0.15) is 36.8 Å². The van der Waals surface area contributed by atoms with Crippen molar-refractivity contribution in [3.05, 3.63) is 29.3 Å². The summed E-state index contributed by atoms with van der Waals surface area (Å²) in [6, 6.07) is 7.28. The summed E-state index contributed by atoms with van der Waals surface area (Å²) in [5, 5.41) is 3.73. The highest BCUT2D eigenvalue weighted by Gasteiger charge is 2.38. The van der Waals surface area contributed by atoms with Gasteiger partial charge < -0.3 is 14.8 Å². The van der Waals surface area contributed by atoms with Crippen LogP contribution in [0.15, 0.2) is 18.2 Å². The van der Waals surface area contributed by atoms with Crippen LogP contribution in [0.4, 0.5) is 0 Å². The Morgan fingerprint density at radius 2 is 2.05 bits per heavy atom. The molecule has 0 spiro atoms. The maximum absolute atomic E-state index is 5.63. The lowest BCUT2D eigenvalue weighted by Crippen LogP contribution is -2.43. The van der Waals surface area contributed by atoms with Crippen molar-refractivity contribution in [1.82, 2.24) is 5.32 Å². The fourth-order valence-electron chi connectivity index (χ4n) is 3.17. The first-order chi connectivity index (χ1) is 9.73. The van der Waals surface area contributed by atoms with Crippen LogP contribution in [0.25, 0.3) is 0 Å². The maximum atomic E-state index is 5.63. The van der Waals surface area contributed by atoms with Gasteiger partial charge in [0.2, 0.25) is 0 Å². The van der Waals surface area contributed by atoms with Crippen LogP contribution in [0.5, 0.6) is 5.75 Å². The van der Waals surface area contributed by atoms with Gasteiger partial charge in [-0.1, -0.05) is 17.7 Å². The summed E-state index contributed by atoms with van der Waals surface area (Å²) in [4.78, 5) is 0. The largest absolute Gasteiger partial charge is 0.496 e. The minimum atomic E-state index is 0.165. The first-order valence-corrected chi connectivity index (χ1v) is 7.70. The number of hydrogen-bond donors (Lipinski definition) is 1. The molecular weight excluding hydrogens is 250 g/mol. The second kappa shape index (κ2) is 5.74. The van der Waals surface area contributed by atoms with E-state index in [-0.39, 0.29) is 5.41 Å². The molecule has 1 aliphatic heterocycles. The highest BCUT2D eigenvalue weighted by atomic mass is 16.5. The van der Waals surface area contributed by atoms with Crippen LogP contribution in [0.3, 0.4) is 0 Å². The molecule has 2 aliphatic rings. The number of benzene rings is 1. The second-order valence-corrected chi connectivity index (χ2v) is 6.25. The van der Waals surface area contributed by atoms with Crippen molar-refractivity contribution in [3.8, 4) is 5.75 Å². The first-order valence-electron chi connectivity index (χ1n) is 7.70. The van der Waals surface area contributed by atoms with Crippen molar-refractivity contribution in [2.45, 2.75) is 44.1 Å². The van der Waals surface area contributed by atoms with Crippen molar-refractivity contribution in [2.75, 3.05) is 26.9 Å². The molecule has 1 aromatic rings. The van der Waals surface area contributed by atoms with E-state index in [1.54, 1.807) is 7.11 Å². The highest BCUT2D eigenvalue weighted by Crippen LogP contribution is 2.40. The fraction of sp³-hybridized carbons (Fsp3) is 0.647. The van der Waals surface area contributed by atoms with Crippen molar-refractivity contribution in [3.63, 3.8) is 0 Å². The zero-order chi connectivity index (χ0) is 14.0. The van der Waals surface area contributed by atoms with Crippen molar-refractivity contribution >= 4 is 0 Å². The Hall–Kier alpha value is -1.06. The molecule has 0 amide bonds. The van der Waals surface area contributed by atoms with Crippen LogP contribution in [-0.4, -0.2) is 32.9 Å². The van der Waals surface area contributed by atoms with Crippen LogP contribution < -0.4 is 10.1 Å². The Morgan fingerprint density at radius 3 is 2.70 bits per heavy atom. The van der Waals surface area contributed by atoms with Gasteiger partial charge in [-0.3, -0.25) is 0 Å². The van der Waals surface area contributed by atoms with E-state index in [0.717, 1.165) is 44.4 Å². The molecule has 1 saturated heterocycles. The van der Waals surface area contributed by atoms with Gasteiger partial charge in [0, 0.05) is 36.8 Å². The average molecular weight is 275 g/mol. The predicted molar refractivity (Wildman–Crippen MR) is 80.5 cm³/mol. The molecule has 0 atom stereocenters. The summed E-state index contributed by atoms with van der Waals surface area (Å²) in [6.45, 7) is 4.90. The third-order valence-corrected chi connectivity index (χ3v) is 4.68. The van der Waals surface area contributed by atoms with E-state index >= 15 is 0 Å². The quantitative estimate of drug-likeness (QED) is 0.896. The van der Waals surface area contributed by atoms with Crippen molar-refractivity contribution < 1.29 is 9.47 Å². The summed E-state index contributed by atoms with van der Waals surface area (Å²) < 4.78 is 11.2. The molecule has 0 bridgehead atoms. The zero-order valence-electron chi connectivity index (χ0n) is 12.6. The summed E-state index contributed by atoms with van der Waals surface area (Å²) in [5.41, 5.74) is 2.83. The average Bonchev–Trinajstić information content (AvgIpc) is 3.30. The van der Waals surface area contributed by atoms with Gasteiger partial charge in [0.25, 0.3) is 0 Å². The maximum Gasteiger partial charge on any atom is 0.122 e. The van der Waals surface area contributed by atoms with Gasteiger partial charge in [-0.2, -0.15) is 0 Å². The molecule has 110 valence electrons. The van der Waals surface area contributed by atoms with Gasteiger partial charge >= 0.3 is 0 Å². The Kier molecular flexibility index (Phi) is 3.99. The monoisotopic (exact) mass is 275 g/mol. The lowest BCUT2D eigenvalue weighted by atomic mass is 9.73. The molecular formula is C17H25NO2. The Bertz CT molecular complexity index is 462. The molecule has 3 nitrogen and oxygen atoms in total. The van der Waals surface area contributed by atoms with Gasteiger partial charge in [0.05, 0.1) is 7.11 Å². The van der Waals surface area contributed by atoms with Crippen LogP contribution in [0.2, 0.25) is 0 Å². The highest BCUT2D eigenvalue weighted by molar-refractivity contribution is 5.43. The summed E-state index contributed by atoms with van der Waals surface area (Å²) >= 11 is 0. The number of hydrogen-bond acceptors (Lipinski definition) is 3. The van der Waals surface area contributed by atoms with Crippen LogP contribution in [0, 0.1) is 6.92 Å². The van der Waals surface area contributed by atoms with Crippen molar-refractivity contribution in [1.29, 1.82) is 0 Å². The van der Waals surface area contributed by atoms with Gasteiger partial charge in [-0.05, 0) is 38.7 Å². The van der Waals surface area contributed by atoms with Gasteiger partial charge in [0.1, 0.15) is 5.75 Å². The Balaban J connectivity index is 1.92. The molecule has 0 radical (unpaired) electrons. The lowest BCUT2D eigenvalue weighted by molar-refractivity contribution is 0.0489. The third-order valence-electron chi connectivity index (χ3n) is 4.68. The third kappa shape index (κ3) is 2.84. The molecule has 0 aromatic heterocycles. The molecule has 3 rings (SSSR count). The molecule has 1 aliphatic carbocycles. The molecule has 1 heterocycles. The smallest absolute Gasteiger partial charge is 0.122 e. The standard InChI is InChI=1S/C17H25NO2/c1-13-3-6-16(19-2)15(11-13)17(7-9-20-10-8-17)12-18-14-4-5-14/h3,6,11,14,18H,4-5,7-10,12H2,1-2H3. The first kappa shape index (κ1) is 13.9. The van der Waals surface area contributed by atoms with E-state index in [1.165, 1.54) is 24.0 Å². The molecule has 20 heavy (non-hydrogen) atoms. The molecule has 1 N–H and O–H groups in total. The molecule has 3 heteroatoms. The SMILES string of the molecule is COc1ccc(C)cc1C1(CNC2CC2)CCOCC1. The minimum Gasteiger partial charge on any atom is -0.496 e. The van der Waals surface area contributed by atoms with E-state index in [0.29, 0.717) is 0 Å². The topological polar surface area (TPSA) is 30.5 Å². The van der Waals surface area contributed by atoms with Gasteiger partial charge in [-0.25, -0.2) is 0 Å². The minimum absolute atomic E-state index is 0.165.